The maximum absolute atomic E-state index is 12.8. The molecule has 0 aromatic heterocycles. The fourth-order valence-electron chi connectivity index (χ4n) is 17.5. The van der Waals surface area contributed by atoms with Gasteiger partial charge in [-0.25, -0.2) is 0 Å². The standard InChI is InChI=1S/C57H110O6.C27H46O/c1-4-7-10-13-16-19-22-25-28-31-34-37-40-43-46-49-55(58)61-52-54(63-57(60)51-48-45-42-39-36-33-30-27-24-21-18-15-12-9-6-3)53-62-56(59)50-47-44-41-38-35-32-29-26-23-20-17-14-11-8-5-2;1-18(2)7-6-8-19(3)23-11-12-24-22-10-9-20-17-21(28)13-15-26(20,4)25(22)14-16-27(23,24)5/h54H,4-53H2,1-3H3;9,18-19,21-25,28H,6-8,10-17H2,1-5H3/t;19?,21-,22-,23+,24-,25-,26-,27+/m.0/s1. The van der Waals surface area contributed by atoms with Gasteiger partial charge in [-0.2, -0.15) is 0 Å². The highest BCUT2D eigenvalue weighted by Gasteiger charge is 2.59. The molecule has 0 aromatic carbocycles. The molecule has 1 unspecified atom stereocenters. The molecular weight excluding hydrogens is 1120 g/mol. The van der Waals surface area contributed by atoms with Crippen LogP contribution in [0.3, 0.4) is 0 Å². The third kappa shape index (κ3) is 38.0. The highest BCUT2D eigenvalue weighted by atomic mass is 16.6. The normalized spacial score (nSPS) is 22.2. The quantitative estimate of drug-likeness (QED) is 0.0280. The van der Waals surface area contributed by atoms with Crippen molar-refractivity contribution >= 4 is 17.9 Å². The van der Waals surface area contributed by atoms with Crippen LogP contribution in [-0.4, -0.2) is 48.4 Å². The number of allylic oxidation sites excluding steroid dienone is 1. The summed E-state index contributed by atoms with van der Waals surface area (Å²) in [5, 5.41) is 10.2. The number of carbonyl (C=O) groups is 3. The lowest BCUT2D eigenvalue weighted by Crippen LogP contribution is -2.50. The maximum atomic E-state index is 12.8. The lowest BCUT2D eigenvalue weighted by molar-refractivity contribution is -0.167. The van der Waals surface area contributed by atoms with Crippen molar-refractivity contribution in [2.24, 2.45) is 46.3 Å². The van der Waals surface area contributed by atoms with E-state index in [1.807, 2.05) is 0 Å². The van der Waals surface area contributed by atoms with E-state index < -0.39 is 6.10 Å². The summed E-state index contributed by atoms with van der Waals surface area (Å²) in [7, 11) is 0. The second kappa shape index (κ2) is 54.2. The summed E-state index contributed by atoms with van der Waals surface area (Å²) in [4.78, 5) is 38.1. The zero-order valence-electron chi connectivity index (χ0n) is 62.2. The molecule has 8 atom stereocenters. The van der Waals surface area contributed by atoms with Crippen LogP contribution < -0.4 is 0 Å². The number of aliphatic hydroxyl groups is 1. The number of hydrogen-bond acceptors (Lipinski definition) is 7. The number of aliphatic hydroxyl groups excluding tert-OH is 1. The molecule has 534 valence electrons. The van der Waals surface area contributed by atoms with E-state index in [0.29, 0.717) is 30.1 Å². The molecule has 0 amide bonds. The molecule has 4 rings (SSSR count). The molecule has 0 spiro atoms. The van der Waals surface area contributed by atoms with Crippen molar-refractivity contribution in [1.82, 2.24) is 0 Å². The number of hydrogen-bond donors (Lipinski definition) is 1. The number of carbonyl (C=O) groups excluding carboxylic acids is 3. The Hall–Kier alpha value is -1.89. The van der Waals surface area contributed by atoms with Gasteiger partial charge in [0, 0.05) is 19.3 Å². The average Bonchev–Trinajstić information content (AvgIpc) is 1.70. The predicted molar refractivity (Wildman–Crippen MR) is 389 cm³/mol. The van der Waals surface area contributed by atoms with Crippen LogP contribution >= 0.6 is 0 Å². The summed E-state index contributed by atoms with van der Waals surface area (Å²) in [6, 6.07) is 0. The monoisotopic (exact) mass is 1280 g/mol. The minimum Gasteiger partial charge on any atom is -0.462 e. The summed E-state index contributed by atoms with van der Waals surface area (Å²) in [5.74, 6) is 4.63. The Morgan fingerprint density at radius 1 is 0.440 bits per heavy atom. The zero-order valence-corrected chi connectivity index (χ0v) is 62.2. The van der Waals surface area contributed by atoms with Crippen LogP contribution in [0.4, 0.5) is 0 Å². The minimum absolute atomic E-state index is 0.0611. The highest BCUT2D eigenvalue weighted by Crippen LogP contribution is 2.67. The fourth-order valence-corrected chi connectivity index (χ4v) is 17.5. The van der Waals surface area contributed by atoms with Crippen molar-refractivity contribution in [3.63, 3.8) is 0 Å². The van der Waals surface area contributed by atoms with Gasteiger partial charge in [0.1, 0.15) is 13.2 Å². The number of fused-ring (bicyclic) bond motifs is 5. The summed E-state index contributed by atoms with van der Waals surface area (Å²) in [5.41, 5.74) is 2.60. The second-order valence-corrected chi connectivity index (χ2v) is 31.8. The Morgan fingerprint density at radius 3 is 1.18 bits per heavy atom. The third-order valence-corrected chi connectivity index (χ3v) is 23.4. The molecule has 91 heavy (non-hydrogen) atoms. The van der Waals surface area contributed by atoms with E-state index in [4.69, 9.17) is 14.2 Å². The van der Waals surface area contributed by atoms with Gasteiger partial charge in [-0.05, 0) is 117 Å². The summed E-state index contributed by atoms with van der Waals surface area (Å²) in [6.45, 7) is 19.3. The molecule has 3 fully saturated rings. The fraction of sp³-hybridized carbons (Fsp3) is 0.940. The average molecular weight is 1280 g/mol. The number of rotatable bonds is 58. The molecule has 0 aromatic rings. The molecule has 0 heterocycles. The van der Waals surface area contributed by atoms with Crippen molar-refractivity contribution in [3.8, 4) is 0 Å². The topological polar surface area (TPSA) is 99.1 Å². The van der Waals surface area contributed by atoms with E-state index in [0.717, 1.165) is 106 Å². The first kappa shape index (κ1) is 83.3. The van der Waals surface area contributed by atoms with E-state index in [1.54, 1.807) is 5.57 Å². The Kier molecular flexibility index (Phi) is 49.6. The van der Waals surface area contributed by atoms with E-state index in [1.165, 1.54) is 289 Å². The summed E-state index contributed by atoms with van der Waals surface area (Å²) in [6.07, 6.45) is 75.1. The largest absolute Gasteiger partial charge is 0.462 e. The number of unbranched alkanes of at least 4 members (excludes halogenated alkanes) is 42. The van der Waals surface area contributed by atoms with Crippen LogP contribution in [0.5, 0.6) is 0 Å². The van der Waals surface area contributed by atoms with Crippen molar-refractivity contribution < 1.29 is 33.7 Å². The van der Waals surface area contributed by atoms with Crippen LogP contribution in [0, 0.1) is 46.3 Å². The molecule has 0 bridgehead atoms. The van der Waals surface area contributed by atoms with Crippen molar-refractivity contribution in [1.29, 1.82) is 0 Å². The SMILES string of the molecule is CC(C)CCCC(C)[C@H]1CC[C@H]2[C@@H]3CC=C4C[C@@H](O)CC[C@]4(C)[C@H]3CC[C@]12C.CCCCCCCCCCCCCCCCCC(=O)OCC(COC(=O)CCCCCCCCCCCCCCCCC)OC(=O)CCCCCCCCCCCCCCCCC. The predicted octanol–water partition coefficient (Wildman–Crippen LogP) is 26.2. The third-order valence-electron chi connectivity index (χ3n) is 23.4. The van der Waals surface area contributed by atoms with Gasteiger partial charge in [-0.3, -0.25) is 14.4 Å². The molecule has 4 aliphatic rings. The molecule has 1 N–H and O–H groups in total. The zero-order chi connectivity index (χ0) is 65.9. The molecule has 7 nitrogen and oxygen atoms in total. The Bertz CT molecular complexity index is 1720. The molecule has 0 aliphatic heterocycles. The smallest absolute Gasteiger partial charge is 0.306 e. The maximum Gasteiger partial charge on any atom is 0.306 e. The van der Waals surface area contributed by atoms with Crippen molar-refractivity contribution in [2.75, 3.05) is 13.2 Å². The molecule has 0 radical (unpaired) electrons. The van der Waals surface area contributed by atoms with E-state index in [2.05, 4.69) is 61.5 Å². The first-order chi connectivity index (χ1) is 44.3. The highest BCUT2D eigenvalue weighted by molar-refractivity contribution is 5.71. The first-order valence-corrected chi connectivity index (χ1v) is 41.2. The number of ether oxygens (including phenoxy) is 3. The van der Waals surface area contributed by atoms with E-state index >= 15 is 0 Å². The first-order valence-electron chi connectivity index (χ1n) is 41.2. The minimum atomic E-state index is -0.760. The van der Waals surface area contributed by atoms with Gasteiger partial charge in [0.15, 0.2) is 6.10 Å². The van der Waals surface area contributed by atoms with Gasteiger partial charge in [0.2, 0.25) is 0 Å². The van der Waals surface area contributed by atoms with Gasteiger partial charge >= 0.3 is 17.9 Å². The second-order valence-electron chi connectivity index (χ2n) is 31.8. The summed E-state index contributed by atoms with van der Waals surface area (Å²) < 4.78 is 16.9. The van der Waals surface area contributed by atoms with E-state index in [-0.39, 0.29) is 37.2 Å². The Balaban J connectivity index is 0.000000629. The van der Waals surface area contributed by atoms with E-state index in [9.17, 15) is 19.5 Å². The molecule has 7 heteroatoms. The molecule has 3 saturated carbocycles. The van der Waals surface area contributed by atoms with Crippen LogP contribution in [0.2, 0.25) is 0 Å². The Morgan fingerprint density at radius 2 is 0.802 bits per heavy atom. The van der Waals surface area contributed by atoms with Crippen LogP contribution in [0.15, 0.2) is 11.6 Å². The Labute approximate surface area is 566 Å². The summed E-state index contributed by atoms with van der Waals surface area (Å²) >= 11 is 0. The van der Waals surface area contributed by atoms with Crippen LogP contribution in [0.25, 0.3) is 0 Å². The van der Waals surface area contributed by atoms with Gasteiger partial charge < -0.3 is 19.3 Å². The van der Waals surface area contributed by atoms with Gasteiger partial charge in [-0.1, -0.05) is 356 Å². The van der Waals surface area contributed by atoms with Crippen LogP contribution in [0.1, 0.15) is 434 Å². The lowest BCUT2D eigenvalue weighted by atomic mass is 9.47. The van der Waals surface area contributed by atoms with Crippen molar-refractivity contribution in [3.05, 3.63) is 11.6 Å². The molecule has 4 aliphatic carbocycles. The van der Waals surface area contributed by atoms with Gasteiger partial charge in [0.05, 0.1) is 6.10 Å². The molecular formula is C84H156O7. The van der Waals surface area contributed by atoms with Gasteiger partial charge in [0.25, 0.3) is 0 Å². The molecule has 0 saturated heterocycles. The van der Waals surface area contributed by atoms with Crippen molar-refractivity contribution in [2.45, 2.75) is 446 Å². The van der Waals surface area contributed by atoms with Gasteiger partial charge in [-0.15, -0.1) is 0 Å². The number of esters is 3. The van der Waals surface area contributed by atoms with Crippen LogP contribution in [-0.2, 0) is 28.6 Å². The lowest BCUT2D eigenvalue weighted by Gasteiger charge is -2.58.